The molecule has 1 N–H and O–H groups in total. The number of aromatic nitrogens is 1. The highest BCUT2D eigenvalue weighted by Crippen LogP contribution is 2.39. The number of amides is 1. The van der Waals surface area contributed by atoms with Crippen molar-refractivity contribution in [1.82, 2.24) is 9.27 Å². The van der Waals surface area contributed by atoms with Gasteiger partial charge in [0.05, 0.1) is 10.1 Å². The average molecular weight is 426 g/mol. The first-order valence-electron chi connectivity index (χ1n) is 7.15. The maximum atomic E-state index is 12.7. The Morgan fingerprint density at radius 2 is 2.45 bits per heavy atom. The SMILES string of the molecule is C[C@@H]1CCC2=C1C=C(C(=O)Nc1ccsn1)C1=NCI=CN12. The molecule has 1 aromatic heterocycles. The molecule has 114 valence electrons. The van der Waals surface area contributed by atoms with E-state index in [4.69, 9.17) is 0 Å². The van der Waals surface area contributed by atoms with E-state index in [-0.39, 0.29) is 26.6 Å². The number of carbonyl (C=O) groups is 1. The molecule has 1 aliphatic carbocycles. The molecule has 0 fully saturated rings. The van der Waals surface area contributed by atoms with E-state index in [0.717, 1.165) is 23.2 Å². The van der Waals surface area contributed by atoms with Crippen molar-refractivity contribution in [3.63, 3.8) is 0 Å². The third-order valence-electron chi connectivity index (χ3n) is 4.11. The van der Waals surface area contributed by atoms with Crippen molar-refractivity contribution < 1.29 is 4.79 Å². The number of nitrogens with one attached hydrogen (secondary N) is 1. The van der Waals surface area contributed by atoms with Crippen molar-refractivity contribution in [3.8, 4) is 0 Å². The number of halogens is 1. The summed E-state index contributed by atoms with van der Waals surface area (Å²) in [7, 11) is 0. The zero-order valence-corrected chi connectivity index (χ0v) is 15.0. The van der Waals surface area contributed by atoms with Gasteiger partial charge in [-0.25, -0.2) is 0 Å². The number of amidine groups is 1. The van der Waals surface area contributed by atoms with Gasteiger partial charge >= 0.3 is 0 Å². The number of allylic oxidation sites excluding steroid dienone is 3. The van der Waals surface area contributed by atoms with Crippen LogP contribution in [0.3, 0.4) is 0 Å². The van der Waals surface area contributed by atoms with Gasteiger partial charge in [-0.15, -0.1) is 0 Å². The number of hydrogen-bond acceptors (Lipinski definition) is 5. The molecule has 1 aromatic rings. The molecule has 0 saturated carbocycles. The first kappa shape index (κ1) is 14.3. The minimum absolute atomic E-state index is 0.0417. The zero-order chi connectivity index (χ0) is 15.1. The molecule has 0 spiro atoms. The Kier molecular flexibility index (Phi) is 3.69. The van der Waals surface area contributed by atoms with Crippen LogP contribution < -0.4 is 5.32 Å². The second kappa shape index (κ2) is 5.69. The molecule has 0 bridgehead atoms. The van der Waals surface area contributed by atoms with Crippen LogP contribution in [0.4, 0.5) is 5.82 Å². The van der Waals surface area contributed by atoms with E-state index in [1.807, 2.05) is 17.5 Å². The molecule has 4 rings (SSSR count). The van der Waals surface area contributed by atoms with Gasteiger partial charge in [0.15, 0.2) is 0 Å². The monoisotopic (exact) mass is 426 g/mol. The summed E-state index contributed by atoms with van der Waals surface area (Å²) in [6.45, 7) is 2.23. The predicted octanol–water partition coefficient (Wildman–Crippen LogP) is 3.11. The van der Waals surface area contributed by atoms with E-state index in [0.29, 0.717) is 17.3 Å². The molecular formula is C15H15IN4OS. The molecule has 1 amide bonds. The number of alkyl halides is 1. The Morgan fingerprint density at radius 1 is 1.55 bits per heavy atom. The van der Waals surface area contributed by atoms with Crippen molar-refractivity contribution in [3.05, 3.63) is 34.4 Å². The summed E-state index contributed by atoms with van der Waals surface area (Å²) >= 11 is 1.29. The Balaban J connectivity index is 1.72. The van der Waals surface area contributed by atoms with E-state index in [9.17, 15) is 4.79 Å². The van der Waals surface area contributed by atoms with Gasteiger partial charge in [-0.2, -0.15) is 4.37 Å². The standard InChI is InChI=1S/C15H15IN4OS/c1-9-2-3-12-10(9)6-11(14-17-7-16-8-20(12)14)15(21)18-13-4-5-22-19-13/h4-6,8-9H,2-3,7H2,1H3,(H,18,19,21)/t9-/m1/s1. The fraction of sp³-hybridized carbons (Fsp3) is 0.333. The number of aliphatic imine (C=N–C) groups is 1. The molecule has 0 aromatic carbocycles. The normalized spacial score (nSPS) is 23.3. The fourth-order valence-electron chi connectivity index (χ4n) is 2.99. The highest BCUT2D eigenvalue weighted by Gasteiger charge is 2.35. The molecule has 3 aliphatic rings. The number of carbonyl (C=O) groups excluding carboxylic acids is 1. The lowest BCUT2D eigenvalue weighted by atomic mass is 9.97. The smallest absolute Gasteiger partial charge is 0.260 e. The minimum Gasteiger partial charge on any atom is -0.306 e. The molecule has 22 heavy (non-hydrogen) atoms. The second-order valence-corrected chi connectivity index (χ2v) is 8.25. The van der Waals surface area contributed by atoms with Crippen LogP contribution in [0.15, 0.2) is 39.4 Å². The van der Waals surface area contributed by atoms with Gasteiger partial charge in [-0.3, -0.25) is 14.7 Å². The third-order valence-corrected chi connectivity index (χ3v) is 6.35. The van der Waals surface area contributed by atoms with Crippen molar-refractivity contribution >= 4 is 54.0 Å². The van der Waals surface area contributed by atoms with Crippen molar-refractivity contribution in [2.24, 2.45) is 10.9 Å². The zero-order valence-electron chi connectivity index (χ0n) is 12.0. The van der Waals surface area contributed by atoms with Crippen LogP contribution in [0.25, 0.3) is 0 Å². The van der Waals surface area contributed by atoms with Gasteiger partial charge in [0.1, 0.15) is 11.7 Å². The summed E-state index contributed by atoms with van der Waals surface area (Å²) < 4.78 is 7.28. The molecule has 2 aliphatic heterocycles. The number of rotatable bonds is 2. The maximum Gasteiger partial charge on any atom is 0.260 e. The predicted molar refractivity (Wildman–Crippen MR) is 98.5 cm³/mol. The number of anilines is 1. The molecule has 5 nitrogen and oxygen atoms in total. The lowest BCUT2D eigenvalue weighted by molar-refractivity contribution is -0.112. The summed E-state index contributed by atoms with van der Waals surface area (Å²) in [6.07, 6.45) is 4.27. The molecule has 1 atom stereocenters. The number of hydrogen-bond donors (Lipinski definition) is 1. The van der Waals surface area contributed by atoms with E-state index in [1.54, 1.807) is 0 Å². The van der Waals surface area contributed by atoms with E-state index >= 15 is 0 Å². The van der Waals surface area contributed by atoms with Gasteiger partial charge in [0.25, 0.3) is 5.91 Å². The molecule has 0 unspecified atom stereocenters. The highest BCUT2D eigenvalue weighted by atomic mass is 127. The van der Waals surface area contributed by atoms with Crippen molar-refractivity contribution in [2.75, 3.05) is 9.87 Å². The number of nitrogens with zero attached hydrogens (tertiary/aromatic N) is 3. The van der Waals surface area contributed by atoms with E-state index in [2.05, 4.69) is 30.6 Å². The Labute approximate surface area is 142 Å². The number of fused-ring (bicyclic) bond motifs is 2. The Hall–Kier alpha value is -1.35. The first-order valence-corrected chi connectivity index (χ1v) is 10.8. The van der Waals surface area contributed by atoms with Crippen LogP contribution in [-0.2, 0) is 4.79 Å². The van der Waals surface area contributed by atoms with Gasteiger partial charge in [0.2, 0.25) is 0 Å². The maximum absolute atomic E-state index is 12.7. The molecule has 7 heteroatoms. The van der Waals surface area contributed by atoms with Crippen LogP contribution in [0.5, 0.6) is 0 Å². The van der Waals surface area contributed by atoms with E-state index < -0.39 is 0 Å². The average Bonchev–Trinajstić information content (AvgIpc) is 3.17. The molecule has 0 saturated heterocycles. The van der Waals surface area contributed by atoms with Gasteiger partial charge in [-0.1, -0.05) is 27.7 Å². The molecular weight excluding hydrogens is 411 g/mol. The summed E-state index contributed by atoms with van der Waals surface area (Å²) in [6, 6.07) is 1.81. The lowest BCUT2D eigenvalue weighted by Gasteiger charge is -2.31. The highest BCUT2D eigenvalue weighted by molar-refractivity contribution is 14.2. The van der Waals surface area contributed by atoms with Crippen LogP contribution in [-0.4, -0.2) is 29.7 Å². The summed E-state index contributed by atoms with van der Waals surface area (Å²) in [4.78, 5) is 19.5. The van der Waals surface area contributed by atoms with Crippen LogP contribution in [0.2, 0.25) is 0 Å². The van der Waals surface area contributed by atoms with E-state index in [1.165, 1.54) is 22.8 Å². The minimum atomic E-state index is -0.117. The fourth-order valence-corrected chi connectivity index (χ4v) is 5.15. The van der Waals surface area contributed by atoms with Crippen molar-refractivity contribution in [2.45, 2.75) is 19.8 Å². The summed E-state index contributed by atoms with van der Waals surface area (Å²) in [5, 5.41) is 4.73. The Bertz CT molecular complexity index is 748. The quantitative estimate of drug-likeness (QED) is 0.449. The van der Waals surface area contributed by atoms with Crippen LogP contribution >= 0.6 is 32.3 Å². The van der Waals surface area contributed by atoms with Gasteiger partial charge < -0.3 is 5.32 Å². The topological polar surface area (TPSA) is 57.6 Å². The third kappa shape index (κ3) is 2.36. The summed E-state index contributed by atoms with van der Waals surface area (Å²) in [5.74, 6) is 1.81. The largest absolute Gasteiger partial charge is 0.306 e. The molecule has 0 radical (unpaired) electrons. The van der Waals surface area contributed by atoms with Gasteiger partial charge in [-0.05, 0) is 48.0 Å². The first-order chi connectivity index (χ1) is 10.7. The van der Waals surface area contributed by atoms with Crippen molar-refractivity contribution in [1.29, 1.82) is 0 Å². The van der Waals surface area contributed by atoms with Crippen LogP contribution in [0.1, 0.15) is 19.8 Å². The molecule has 3 heterocycles. The summed E-state index contributed by atoms with van der Waals surface area (Å²) in [5.41, 5.74) is 3.31. The van der Waals surface area contributed by atoms with Gasteiger partial charge in [0, 0.05) is 15.2 Å². The van der Waals surface area contributed by atoms with Crippen LogP contribution in [0, 0.1) is 5.92 Å². The Morgan fingerprint density at radius 3 is 3.27 bits per heavy atom. The second-order valence-electron chi connectivity index (χ2n) is 5.46. The lowest BCUT2D eigenvalue weighted by Crippen LogP contribution is -2.38.